The third-order valence-corrected chi connectivity index (χ3v) is 10.1. The molecular formula is C36H40ClN3O5S2. The molecule has 11 heteroatoms. The summed E-state index contributed by atoms with van der Waals surface area (Å²) in [4.78, 5) is 30.8. The zero-order valence-electron chi connectivity index (χ0n) is 26.9. The molecule has 4 rings (SSSR count). The van der Waals surface area contributed by atoms with Crippen LogP contribution in [0.3, 0.4) is 0 Å². The van der Waals surface area contributed by atoms with Crippen molar-refractivity contribution in [1.29, 1.82) is 0 Å². The second kappa shape index (κ2) is 16.7. The van der Waals surface area contributed by atoms with Gasteiger partial charge in [0.05, 0.1) is 17.2 Å². The molecule has 1 atom stereocenters. The van der Waals surface area contributed by atoms with Crippen LogP contribution in [0.15, 0.2) is 113 Å². The van der Waals surface area contributed by atoms with Crippen molar-refractivity contribution in [3.8, 4) is 5.75 Å². The molecule has 0 bridgehead atoms. The monoisotopic (exact) mass is 693 g/mol. The lowest BCUT2D eigenvalue weighted by atomic mass is 10.0. The molecule has 0 fully saturated rings. The van der Waals surface area contributed by atoms with Gasteiger partial charge in [0.2, 0.25) is 11.8 Å². The number of rotatable bonds is 15. The highest BCUT2D eigenvalue weighted by Gasteiger charge is 2.35. The molecule has 47 heavy (non-hydrogen) atoms. The highest BCUT2D eigenvalue weighted by Crippen LogP contribution is 2.28. The highest BCUT2D eigenvalue weighted by atomic mass is 35.5. The summed E-state index contributed by atoms with van der Waals surface area (Å²) >= 11 is 7.65. The van der Waals surface area contributed by atoms with Crippen LogP contribution in [0.2, 0.25) is 5.02 Å². The van der Waals surface area contributed by atoms with Crippen molar-refractivity contribution in [1.82, 2.24) is 10.2 Å². The number of carbonyl (C=O) groups excluding carboxylic acids is 2. The molecule has 0 aliphatic carbocycles. The van der Waals surface area contributed by atoms with Gasteiger partial charge in [-0.1, -0.05) is 54.1 Å². The number of amides is 2. The summed E-state index contributed by atoms with van der Waals surface area (Å²) in [5.74, 6) is -0.311. The van der Waals surface area contributed by atoms with E-state index >= 15 is 0 Å². The van der Waals surface area contributed by atoms with Gasteiger partial charge in [-0.25, -0.2) is 8.42 Å². The van der Waals surface area contributed by atoms with Crippen LogP contribution in [0.25, 0.3) is 0 Å². The van der Waals surface area contributed by atoms with E-state index < -0.39 is 28.5 Å². The fourth-order valence-corrected chi connectivity index (χ4v) is 6.95. The Bertz CT molecular complexity index is 1720. The summed E-state index contributed by atoms with van der Waals surface area (Å²) in [6.07, 6.45) is 2.13. The summed E-state index contributed by atoms with van der Waals surface area (Å²) < 4.78 is 35.2. The van der Waals surface area contributed by atoms with E-state index in [0.717, 1.165) is 20.3 Å². The first kappa shape index (κ1) is 35.9. The van der Waals surface area contributed by atoms with Gasteiger partial charge in [0.25, 0.3) is 10.0 Å². The van der Waals surface area contributed by atoms with E-state index in [1.807, 2.05) is 57.4 Å². The quantitative estimate of drug-likeness (QED) is 0.137. The van der Waals surface area contributed by atoms with Gasteiger partial charge in [0, 0.05) is 28.9 Å². The normalized spacial score (nSPS) is 12.0. The van der Waals surface area contributed by atoms with Gasteiger partial charge in [-0.2, -0.15) is 0 Å². The zero-order chi connectivity index (χ0) is 34.0. The summed E-state index contributed by atoms with van der Waals surface area (Å²) in [6, 6.07) is 28.4. The maximum Gasteiger partial charge on any atom is 0.264 e. The molecule has 0 unspecified atom stereocenters. The van der Waals surface area contributed by atoms with Gasteiger partial charge in [-0.3, -0.25) is 13.9 Å². The first-order valence-corrected chi connectivity index (χ1v) is 18.3. The first-order chi connectivity index (χ1) is 22.5. The molecule has 0 radical (unpaired) electrons. The topological polar surface area (TPSA) is 96.0 Å². The van der Waals surface area contributed by atoms with Gasteiger partial charge >= 0.3 is 0 Å². The molecule has 8 nitrogen and oxygen atoms in total. The van der Waals surface area contributed by atoms with E-state index in [0.29, 0.717) is 17.4 Å². The zero-order valence-corrected chi connectivity index (χ0v) is 29.3. The summed E-state index contributed by atoms with van der Waals surface area (Å²) in [7, 11) is -4.22. The van der Waals surface area contributed by atoms with Gasteiger partial charge < -0.3 is 15.0 Å². The van der Waals surface area contributed by atoms with Crippen molar-refractivity contribution in [3.05, 3.63) is 119 Å². The Balaban J connectivity index is 1.80. The molecule has 0 spiro atoms. The predicted octanol–water partition coefficient (Wildman–Crippen LogP) is 6.82. The predicted molar refractivity (Wildman–Crippen MR) is 190 cm³/mol. The number of sulfonamides is 1. The van der Waals surface area contributed by atoms with Crippen LogP contribution < -0.4 is 14.4 Å². The lowest BCUT2D eigenvalue weighted by molar-refractivity contribution is -0.140. The highest BCUT2D eigenvalue weighted by molar-refractivity contribution is 7.98. The minimum absolute atomic E-state index is 0.0413. The van der Waals surface area contributed by atoms with E-state index in [2.05, 4.69) is 5.32 Å². The van der Waals surface area contributed by atoms with Gasteiger partial charge in [-0.15, -0.1) is 11.8 Å². The number of thioether (sulfide) groups is 1. The van der Waals surface area contributed by atoms with Crippen LogP contribution >= 0.6 is 23.4 Å². The van der Waals surface area contributed by atoms with Crippen LogP contribution in [0.4, 0.5) is 5.69 Å². The molecule has 0 saturated heterocycles. The molecule has 0 aliphatic rings. The maximum atomic E-state index is 14.6. The van der Waals surface area contributed by atoms with Crippen LogP contribution in [-0.2, 0) is 32.6 Å². The number of nitrogens with zero attached hydrogens (tertiary/aromatic N) is 2. The minimum Gasteiger partial charge on any atom is -0.494 e. The third-order valence-electron chi connectivity index (χ3n) is 7.33. The number of nitrogens with one attached hydrogen (secondary N) is 1. The lowest BCUT2D eigenvalue weighted by Crippen LogP contribution is -2.54. The Morgan fingerprint density at radius 3 is 2.09 bits per heavy atom. The molecule has 0 aliphatic heterocycles. The summed E-state index contributed by atoms with van der Waals surface area (Å²) in [5.41, 5.74) is 1.88. The number of hydrogen-bond donors (Lipinski definition) is 1. The van der Waals surface area contributed by atoms with Gasteiger partial charge in [0.15, 0.2) is 0 Å². The fourth-order valence-electron chi connectivity index (χ4n) is 5.00. The maximum absolute atomic E-state index is 14.6. The SMILES string of the molecule is CCOc1ccc(N(CC(=O)N(Cc2ccc(Cl)cc2)[C@@H](Cc2ccccc2)C(=O)NC(C)C)S(=O)(=O)c2ccc(SC)cc2)cc1. The second-order valence-electron chi connectivity index (χ2n) is 11.1. The van der Waals surface area contributed by atoms with Crippen molar-refractivity contribution in [2.24, 2.45) is 0 Å². The number of ether oxygens (including phenoxy) is 1. The van der Waals surface area contributed by atoms with Crippen molar-refractivity contribution >= 4 is 50.9 Å². The molecule has 4 aromatic carbocycles. The van der Waals surface area contributed by atoms with Crippen LogP contribution in [0.5, 0.6) is 5.75 Å². The van der Waals surface area contributed by atoms with Gasteiger partial charge in [0.1, 0.15) is 18.3 Å². The van der Waals surface area contributed by atoms with Crippen molar-refractivity contribution in [3.63, 3.8) is 0 Å². The minimum atomic E-state index is -4.22. The first-order valence-electron chi connectivity index (χ1n) is 15.3. The van der Waals surface area contributed by atoms with Crippen LogP contribution in [-0.4, -0.2) is 56.6 Å². The Labute approximate surface area is 287 Å². The van der Waals surface area contributed by atoms with E-state index in [9.17, 15) is 18.0 Å². The Morgan fingerprint density at radius 2 is 1.51 bits per heavy atom. The molecule has 248 valence electrons. The van der Waals surface area contributed by atoms with Crippen molar-refractivity contribution in [2.45, 2.75) is 55.6 Å². The average Bonchev–Trinajstić information content (AvgIpc) is 3.06. The molecule has 0 saturated carbocycles. The number of hydrogen-bond acceptors (Lipinski definition) is 6. The van der Waals surface area contributed by atoms with Gasteiger partial charge in [-0.05, 0) is 98.8 Å². The Kier molecular flexibility index (Phi) is 12.8. The average molecular weight is 694 g/mol. The largest absolute Gasteiger partial charge is 0.494 e. The molecule has 1 N–H and O–H groups in total. The molecular weight excluding hydrogens is 654 g/mol. The number of benzene rings is 4. The Hall–Kier alpha value is -3.99. The lowest BCUT2D eigenvalue weighted by Gasteiger charge is -2.34. The van der Waals surface area contributed by atoms with Crippen LogP contribution in [0, 0.1) is 0 Å². The van der Waals surface area contributed by atoms with Crippen molar-refractivity contribution in [2.75, 3.05) is 23.7 Å². The number of anilines is 1. The smallest absolute Gasteiger partial charge is 0.264 e. The number of halogens is 1. The van der Waals surface area contributed by atoms with E-state index in [-0.39, 0.29) is 35.5 Å². The second-order valence-corrected chi connectivity index (χ2v) is 14.3. The molecule has 4 aromatic rings. The van der Waals surface area contributed by atoms with Crippen LogP contribution in [0.1, 0.15) is 31.9 Å². The third kappa shape index (κ3) is 9.76. The van der Waals surface area contributed by atoms with E-state index in [1.165, 1.54) is 28.8 Å². The van der Waals surface area contributed by atoms with E-state index in [1.54, 1.807) is 60.7 Å². The van der Waals surface area contributed by atoms with Crippen molar-refractivity contribution < 1.29 is 22.7 Å². The fraction of sp³-hybridized carbons (Fsp3) is 0.278. The number of carbonyl (C=O) groups is 2. The Morgan fingerprint density at radius 1 is 0.872 bits per heavy atom. The molecule has 0 aromatic heterocycles. The standard InChI is InChI=1S/C36H40ClN3O5S2/c1-5-45-31-17-15-30(16-18-31)40(47(43,44)33-21-19-32(46-4)20-22-33)25-35(41)39(24-28-11-13-29(37)14-12-28)34(36(42)38-26(2)3)23-27-9-7-6-8-10-27/h6-22,26,34H,5,23-25H2,1-4H3,(H,38,42)/t34-/m0/s1. The van der Waals surface area contributed by atoms with E-state index in [4.69, 9.17) is 16.3 Å². The molecule has 2 amide bonds. The summed E-state index contributed by atoms with van der Waals surface area (Å²) in [6.45, 7) is 5.52. The molecule has 0 heterocycles. The summed E-state index contributed by atoms with van der Waals surface area (Å²) in [5, 5.41) is 3.49.